The average Bonchev–Trinajstić information content (AvgIpc) is 2.15. The van der Waals surface area contributed by atoms with Crippen molar-refractivity contribution in [3.05, 3.63) is 23.8 Å². The molecule has 0 saturated heterocycles. The van der Waals surface area contributed by atoms with Crippen LogP contribution in [0.15, 0.2) is 12.4 Å². The molecule has 1 amide bonds. The molecule has 0 unspecified atom stereocenters. The molecule has 0 aliphatic carbocycles. The third-order valence-corrected chi connectivity index (χ3v) is 1.62. The Morgan fingerprint density at radius 3 is 2.35 bits per heavy atom. The lowest BCUT2D eigenvalue weighted by atomic mass is 10.2. The number of aromatic nitrogens is 1. The topological polar surface area (TPSA) is 79.3 Å². The Morgan fingerprint density at radius 1 is 1.29 bits per heavy atom. The van der Waals surface area contributed by atoms with Crippen LogP contribution in [-0.4, -0.2) is 28.1 Å². The van der Waals surface area contributed by atoms with Crippen molar-refractivity contribution in [1.29, 1.82) is 0 Å². The Kier molecular flexibility index (Phi) is 3.30. The minimum absolute atomic E-state index is 0.507. The smallest absolute Gasteiger partial charge is 0.471 e. The molecule has 0 spiro atoms. The van der Waals surface area contributed by atoms with Crippen LogP contribution in [0.3, 0.4) is 0 Å². The zero-order valence-corrected chi connectivity index (χ0v) is 7.88. The summed E-state index contributed by atoms with van der Waals surface area (Å²) in [4.78, 5) is 24.3. The number of rotatable bonds is 2. The lowest BCUT2D eigenvalue weighted by Gasteiger charge is -2.09. The lowest BCUT2D eigenvalue weighted by Crippen LogP contribution is -2.30. The van der Waals surface area contributed by atoms with Gasteiger partial charge in [0.2, 0.25) is 0 Å². The number of aromatic carboxylic acids is 1. The maximum Gasteiger partial charge on any atom is 0.471 e. The summed E-state index contributed by atoms with van der Waals surface area (Å²) in [5.41, 5.74) is -1.95. The van der Waals surface area contributed by atoms with E-state index in [0.717, 1.165) is 0 Å². The first kappa shape index (κ1) is 12.9. The summed E-state index contributed by atoms with van der Waals surface area (Å²) >= 11 is 0. The third kappa shape index (κ3) is 2.89. The van der Waals surface area contributed by atoms with Crippen LogP contribution in [0.2, 0.25) is 0 Å². The van der Waals surface area contributed by atoms with Crippen molar-refractivity contribution in [2.75, 3.05) is 5.32 Å². The van der Waals surface area contributed by atoms with Crippen LogP contribution in [0.5, 0.6) is 0 Å². The molecule has 0 radical (unpaired) electrons. The molecule has 5 nitrogen and oxygen atoms in total. The number of alkyl halides is 3. The first-order valence-electron chi connectivity index (χ1n) is 3.98. The zero-order valence-electron chi connectivity index (χ0n) is 7.88. The molecule has 0 fully saturated rings. The number of pyridine rings is 1. The quantitative estimate of drug-likeness (QED) is 0.780. The standard InChI is InChI=1S/C8H4F4N2O3/c9-3-1-13-2-4(5(3)6(15)16)14-7(17)8(10,11)12/h1-2H,(H,14,17)(H,15,16). The normalized spacial score (nSPS) is 11.1. The number of nitrogens with one attached hydrogen (secondary N) is 1. The fourth-order valence-corrected chi connectivity index (χ4v) is 0.940. The van der Waals surface area contributed by atoms with Gasteiger partial charge in [0.1, 0.15) is 5.56 Å². The number of carboxylic acids is 1. The van der Waals surface area contributed by atoms with Gasteiger partial charge in [-0.1, -0.05) is 0 Å². The van der Waals surface area contributed by atoms with Crippen molar-refractivity contribution in [2.24, 2.45) is 0 Å². The average molecular weight is 252 g/mol. The van der Waals surface area contributed by atoms with Gasteiger partial charge in [-0.25, -0.2) is 9.18 Å². The maximum absolute atomic E-state index is 13.0. The largest absolute Gasteiger partial charge is 0.478 e. The Labute approximate surface area is 91.1 Å². The minimum atomic E-state index is -5.21. The number of halogens is 4. The highest BCUT2D eigenvalue weighted by atomic mass is 19.4. The monoisotopic (exact) mass is 252 g/mol. The van der Waals surface area contributed by atoms with Gasteiger partial charge in [-0.05, 0) is 0 Å². The summed E-state index contributed by atoms with van der Waals surface area (Å²) in [6, 6.07) is 0. The fraction of sp³-hybridized carbons (Fsp3) is 0.125. The van der Waals surface area contributed by atoms with Gasteiger partial charge in [0.25, 0.3) is 0 Å². The van der Waals surface area contributed by atoms with E-state index in [0.29, 0.717) is 12.4 Å². The fourth-order valence-electron chi connectivity index (χ4n) is 0.940. The number of carbonyl (C=O) groups is 2. The van der Waals surface area contributed by atoms with Crippen molar-refractivity contribution in [3.8, 4) is 0 Å². The van der Waals surface area contributed by atoms with E-state index >= 15 is 0 Å². The molecule has 1 heterocycles. The first-order valence-corrected chi connectivity index (χ1v) is 3.98. The number of carboxylic acid groups (broad SMARTS) is 1. The molecule has 0 saturated carbocycles. The number of carbonyl (C=O) groups excluding carboxylic acids is 1. The molecule has 0 aliphatic heterocycles. The molecule has 9 heteroatoms. The molecular weight excluding hydrogens is 248 g/mol. The summed E-state index contributed by atoms with van der Waals surface area (Å²) in [5, 5.41) is 9.79. The van der Waals surface area contributed by atoms with Crippen molar-refractivity contribution >= 4 is 17.6 Å². The maximum atomic E-state index is 13.0. The molecule has 17 heavy (non-hydrogen) atoms. The predicted molar refractivity (Wildman–Crippen MR) is 45.8 cm³/mol. The van der Waals surface area contributed by atoms with Crippen molar-refractivity contribution in [1.82, 2.24) is 4.98 Å². The summed E-state index contributed by atoms with van der Waals surface area (Å²) < 4.78 is 48.7. The Bertz CT molecular complexity index is 472. The van der Waals surface area contributed by atoms with Crippen molar-refractivity contribution in [3.63, 3.8) is 0 Å². The second kappa shape index (κ2) is 4.36. The van der Waals surface area contributed by atoms with Crippen LogP contribution < -0.4 is 5.32 Å². The highest BCUT2D eigenvalue weighted by molar-refractivity contribution is 6.02. The number of anilines is 1. The van der Waals surface area contributed by atoms with E-state index < -0.39 is 35.1 Å². The molecule has 92 valence electrons. The van der Waals surface area contributed by atoms with E-state index in [1.165, 1.54) is 5.32 Å². The molecule has 2 N–H and O–H groups in total. The number of hydrogen-bond acceptors (Lipinski definition) is 3. The van der Waals surface area contributed by atoms with Crippen LogP contribution in [-0.2, 0) is 4.79 Å². The number of nitrogens with zero attached hydrogens (tertiary/aromatic N) is 1. The summed E-state index contributed by atoms with van der Waals surface area (Å²) in [6.07, 6.45) is -4.09. The molecule has 1 rings (SSSR count). The van der Waals surface area contributed by atoms with Gasteiger partial charge in [-0.15, -0.1) is 0 Å². The number of amides is 1. The highest BCUT2D eigenvalue weighted by Gasteiger charge is 2.39. The van der Waals surface area contributed by atoms with Crippen LogP contribution in [0, 0.1) is 5.82 Å². The Balaban J connectivity index is 3.12. The van der Waals surface area contributed by atoms with Gasteiger partial charge in [-0.3, -0.25) is 9.78 Å². The summed E-state index contributed by atoms with van der Waals surface area (Å²) in [6.45, 7) is 0. The molecule has 0 aromatic carbocycles. The molecule has 0 atom stereocenters. The van der Waals surface area contributed by atoms with Gasteiger partial charge in [0.05, 0.1) is 18.1 Å². The van der Waals surface area contributed by atoms with Gasteiger partial charge in [-0.2, -0.15) is 13.2 Å². The molecule has 0 bridgehead atoms. The van der Waals surface area contributed by atoms with Crippen LogP contribution in [0.25, 0.3) is 0 Å². The lowest BCUT2D eigenvalue weighted by molar-refractivity contribution is -0.167. The van der Waals surface area contributed by atoms with E-state index in [9.17, 15) is 27.2 Å². The van der Waals surface area contributed by atoms with E-state index in [2.05, 4.69) is 4.98 Å². The van der Waals surface area contributed by atoms with Crippen LogP contribution in [0.1, 0.15) is 10.4 Å². The van der Waals surface area contributed by atoms with Gasteiger partial charge in [0, 0.05) is 0 Å². The third-order valence-electron chi connectivity index (χ3n) is 1.62. The summed E-state index contributed by atoms with van der Waals surface area (Å²) in [5.74, 6) is -5.58. The summed E-state index contributed by atoms with van der Waals surface area (Å²) in [7, 11) is 0. The molecule has 1 aromatic heterocycles. The SMILES string of the molecule is O=C(O)c1c(F)cncc1NC(=O)C(F)(F)F. The molecule has 0 aliphatic rings. The molecular formula is C8H4F4N2O3. The highest BCUT2D eigenvalue weighted by Crippen LogP contribution is 2.21. The van der Waals surface area contributed by atoms with Crippen molar-refractivity contribution in [2.45, 2.75) is 6.18 Å². The van der Waals surface area contributed by atoms with E-state index in [4.69, 9.17) is 5.11 Å². The zero-order chi connectivity index (χ0) is 13.2. The first-order chi connectivity index (χ1) is 7.73. The van der Waals surface area contributed by atoms with Crippen LogP contribution >= 0.6 is 0 Å². The number of hydrogen-bond donors (Lipinski definition) is 2. The van der Waals surface area contributed by atoms with E-state index in [1.54, 1.807) is 0 Å². The minimum Gasteiger partial charge on any atom is -0.478 e. The van der Waals surface area contributed by atoms with Gasteiger partial charge in [0.15, 0.2) is 5.82 Å². The molecule has 1 aromatic rings. The second-order valence-electron chi connectivity index (χ2n) is 2.80. The Morgan fingerprint density at radius 2 is 1.88 bits per heavy atom. The van der Waals surface area contributed by atoms with E-state index in [1.807, 2.05) is 0 Å². The predicted octanol–water partition coefficient (Wildman–Crippen LogP) is 1.42. The van der Waals surface area contributed by atoms with Gasteiger partial charge >= 0.3 is 18.1 Å². The van der Waals surface area contributed by atoms with Crippen molar-refractivity contribution < 1.29 is 32.3 Å². The Hall–Kier alpha value is -2.19. The van der Waals surface area contributed by atoms with Gasteiger partial charge < -0.3 is 10.4 Å². The second-order valence-corrected chi connectivity index (χ2v) is 2.80. The van der Waals surface area contributed by atoms with Crippen LogP contribution in [0.4, 0.5) is 23.2 Å². The van der Waals surface area contributed by atoms with E-state index in [-0.39, 0.29) is 0 Å².